The molecule has 0 unspecified atom stereocenters. The number of fused-ring (bicyclic) bond motifs is 7. The van der Waals surface area contributed by atoms with Gasteiger partial charge in [0, 0.05) is 72.2 Å². The van der Waals surface area contributed by atoms with Gasteiger partial charge in [0.15, 0.2) is 5.58 Å². The van der Waals surface area contributed by atoms with Crippen molar-refractivity contribution in [1.29, 1.82) is 0 Å². The highest BCUT2D eigenvalue weighted by Crippen LogP contribution is 2.51. The zero-order valence-corrected chi connectivity index (χ0v) is 52.0. The maximum atomic E-state index is 7.00. The van der Waals surface area contributed by atoms with E-state index in [0.29, 0.717) is 0 Å². The predicted molar refractivity (Wildman–Crippen MR) is 377 cm³/mol. The van der Waals surface area contributed by atoms with E-state index in [9.17, 15) is 0 Å². The van der Waals surface area contributed by atoms with Gasteiger partial charge in [-0.1, -0.05) is 274 Å². The molecule has 432 valence electrons. The molecule has 1 aromatic heterocycles. The van der Waals surface area contributed by atoms with Crippen molar-refractivity contribution in [2.24, 2.45) is 0 Å². The first-order chi connectivity index (χ1) is 43.2. The van der Waals surface area contributed by atoms with Gasteiger partial charge < -0.3 is 19.1 Å². The third kappa shape index (κ3) is 9.20. The molecule has 0 amide bonds. The lowest BCUT2D eigenvalue weighted by Crippen LogP contribution is -2.61. The summed E-state index contributed by atoms with van der Waals surface area (Å²) < 4.78 is 7.00. The Bertz CT molecular complexity index is 4540. The molecule has 0 spiro atoms. The van der Waals surface area contributed by atoms with E-state index in [4.69, 9.17) is 4.42 Å². The van der Waals surface area contributed by atoms with Crippen molar-refractivity contribution in [2.75, 3.05) is 14.7 Å². The van der Waals surface area contributed by atoms with E-state index < -0.39 is 0 Å². The van der Waals surface area contributed by atoms with Crippen LogP contribution in [0.1, 0.15) is 99.9 Å². The van der Waals surface area contributed by atoms with Crippen LogP contribution in [0.15, 0.2) is 296 Å². The summed E-state index contributed by atoms with van der Waals surface area (Å²) in [6, 6.07) is 108. The van der Waals surface area contributed by atoms with Crippen LogP contribution in [0.5, 0.6) is 0 Å². The highest BCUT2D eigenvalue weighted by atomic mass is 16.3. The molecule has 2 aliphatic heterocycles. The summed E-state index contributed by atoms with van der Waals surface area (Å²) in [6.07, 6.45) is 0. The molecule has 0 saturated carbocycles. The van der Waals surface area contributed by atoms with Crippen LogP contribution in [0.2, 0.25) is 0 Å². The zero-order valence-electron chi connectivity index (χ0n) is 52.0. The molecule has 0 radical (unpaired) electrons. The molecule has 12 aromatic carbocycles. The van der Waals surface area contributed by atoms with Crippen LogP contribution in [0.3, 0.4) is 0 Å². The van der Waals surface area contributed by atoms with Crippen LogP contribution < -0.4 is 31.1 Å². The molecule has 4 nitrogen and oxygen atoms in total. The fourth-order valence-electron chi connectivity index (χ4n) is 14.5. The van der Waals surface area contributed by atoms with Gasteiger partial charge in [-0.15, -0.1) is 0 Å². The van der Waals surface area contributed by atoms with Crippen molar-refractivity contribution in [3.05, 3.63) is 336 Å². The molecule has 0 fully saturated rings. The highest BCUT2D eigenvalue weighted by Gasteiger charge is 2.46. The number of furan rings is 1. The Morgan fingerprint density at radius 2 is 0.663 bits per heavy atom. The molecule has 3 heterocycles. The van der Waals surface area contributed by atoms with E-state index in [0.717, 1.165) is 73.1 Å². The van der Waals surface area contributed by atoms with E-state index in [1.807, 2.05) is 0 Å². The van der Waals surface area contributed by atoms with Gasteiger partial charge in [-0.3, -0.25) is 0 Å². The van der Waals surface area contributed by atoms with Crippen molar-refractivity contribution in [3.63, 3.8) is 0 Å². The lowest BCUT2D eigenvalue weighted by atomic mass is 9.33. The lowest BCUT2D eigenvalue weighted by Gasteiger charge is -2.46. The second-order valence-corrected chi connectivity index (χ2v) is 26.5. The number of anilines is 9. The molecule has 13 aromatic rings. The Balaban J connectivity index is 1.05. The first kappa shape index (κ1) is 55.5. The van der Waals surface area contributed by atoms with Gasteiger partial charge in [-0.25, -0.2) is 0 Å². The van der Waals surface area contributed by atoms with Gasteiger partial charge in [0.1, 0.15) is 5.58 Å². The predicted octanol–water partition coefficient (Wildman–Crippen LogP) is 20.4. The molecule has 15 rings (SSSR count). The molecule has 0 aliphatic carbocycles. The quantitative estimate of drug-likeness (QED) is 0.107. The number of hydrogen-bond acceptors (Lipinski definition) is 4. The minimum Gasteiger partial charge on any atom is -0.454 e. The second kappa shape index (κ2) is 21.4. The number of benzene rings is 12. The van der Waals surface area contributed by atoms with Gasteiger partial charge in [-0.05, 0) is 134 Å². The summed E-state index contributed by atoms with van der Waals surface area (Å²) in [6.45, 7) is 18.7. The smallest absolute Gasteiger partial charge is 0.252 e. The Kier molecular flexibility index (Phi) is 13.3. The average molecular weight is 1150 g/mol. The lowest BCUT2D eigenvalue weighted by molar-refractivity contribution is 0.641. The van der Waals surface area contributed by atoms with Crippen LogP contribution >= 0.6 is 0 Å². The van der Waals surface area contributed by atoms with Crippen molar-refractivity contribution < 1.29 is 4.42 Å². The van der Waals surface area contributed by atoms with Crippen molar-refractivity contribution in [2.45, 2.75) is 77.0 Å². The fraction of sp³-hybridized carbons (Fsp3) is 0.143. The molecule has 89 heavy (non-hydrogen) atoms. The maximum Gasteiger partial charge on any atom is 0.252 e. The Morgan fingerprint density at radius 3 is 1.10 bits per heavy atom. The first-order valence-corrected chi connectivity index (χ1v) is 31.4. The van der Waals surface area contributed by atoms with Gasteiger partial charge in [0.2, 0.25) is 0 Å². The summed E-state index contributed by atoms with van der Waals surface area (Å²) in [5, 5.41) is 2.17. The third-order valence-electron chi connectivity index (χ3n) is 20.1. The molecule has 0 atom stereocenters. The minimum absolute atomic E-state index is 0.179. The van der Waals surface area contributed by atoms with E-state index in [1.165, 1.54) is 60.9 Å². The molecule has 0 saturated heterocycles. The fourth-order valence-corrected chi connectivity index (χ4v) is 14.5. The zero-order chi connectivity index (χ0) is 60.8. The number of para-hydroxylation sites is 3. The van der Waals surface area contributed by atoms with Crippen LogP contribution in [0, 0.1) is 0 Å². The molecule has 2 aliphatic rings. The summed E-state index contributed by atoms with van der Waals surface area (Å²) in [5.41, 5.74) is 24.2. The topological polar surface area (TPSA) is 22.9 Å². The van der Waals surface area contributed by atoms with Gasteiger partial charge in [0.05, 0.1) is 11.4 Å². The molecule has 5 heteroatoms. The van der Waals surface area contributed by atoms with E-state index in [2.05, 4.69) is 361 Å². The van der Waals surface area contributed by atoms with Crippen LogP contribution in [0.25, 0.3) is 21.9 Å². The Labute approximate surface area is 525 Å². The number of rotatable bonds is 13. The summed E-state index contributed by atoms with van der Waals surface area (Å²) in [7, 11) is 0. The highest BCUT2D eigenvalue weighted by molar-refractivity contribution is 7.00. The number of hydrogen-bond donors (Lipinski definition) is 0. The van der Waals surface area contributed by atoms with Crippen LogP contribution in [-0.4, -0.2) is 6.71 Å². The van der Waals surface area contributed by atoms with E-state index in [1.54, 1.807) is 0 Å². The summed E-state index contributed by atoms with van der Waals surface area (Å²) in [4.78, 5) is 7.57. The SMILES string of the molecule is CC(C)(c1ccccc1)c1ccc(N2c3ccc(C(C)(C)c4ccccc4)cc3B3c4cc(C(C)(C)c5ccccc5)ccc4N(c4ccc(C(C)(C)c5ccccc5)cc4)c4cc(N(c5ccccc5)c5cccc6c5oc5ccccc56)cc2c43)cc1. The largest absolute Gasteiger partial charge is 0.454 e. The summed E-state index contributed by atoms with van der Waals surface area (Å²) in [5.74, 6) is 0. The van der Waals surface area contributed by atoms with E-state index >= 15 is 0 Å². The van der Waals surface area contributed by atoms with Gasteiger partial charge >= 0.3 is 0 Å². The normalized spacial score (nSPS) is 13.1. The third-order valence-corrected chi connectivity index (χ3v) is 20.1. The maximum absolute atomic E-state index is 7.00. The van der Waals surface area contributed by atoms with Gasteiger partial charge in [-0.2, -0.15) is 0 Å². The second-order valence-electron chi connectivity index (χ2n) is 26.5. The van der Waals surface area contributed by atoms with Crippen molar-refractivity contribution in [3.8, 4) is 0 Å². The minimum atomic E-state index is -0.317. The first-order valence-electron chi connectivity index (χ1n) is 31.4. The molecular formula is C84H72BN3O. The number of nitrogens with zero attached hydrogens (tertiary/aromatic N) is 3. The van der Waals surface area contributed by atoms with Crippen LogP contribution in [0.4, 0.5) is 51.2 Å². The van der Waals surface area contributed by atoms with E-state index in [-0.39, 0.29) is 28.4 Å². The summed E-state index contributed by atoms with van der Waals surface area (Å²) >= 11 is 0. The molecular weight excluding hydrogens is 1080 g/mol. The van der Waals surface area contributed by atoms with Gasteiger partial charge in [0.25, 0.3) is 6.71 Å². The monoisotopic (exact) mass is 1150 g/mol. The standard InChI is InChI=1S/C84H72BN3O/c1-81(2,57-27-14-9-15-28-57)61-41-47-66(48-42-61)87-73-51-45-63(83(5,6)59-31-18-11-19-32-59)53-71(73)85-72-54-64(84(7,8)60-33-20-12-21-34-60)46-52-74(72)88(67-49-43-62(44-50-67)82(3,4)58-29-16-10-17-30-58)77-56-68(55-76(87)79(77)85)86(65-35-22-13-23-36-65)75-39-26-38-70-69-37-24-25-40-78(69)89-80(70)75/h9-56H,1-8H3. The molecule has 0 N–H and O–H groups in total. The Morgan fingerprint density at radius 1 is 0.303 bits per heavy atom. The van der Waals surface area contributed by atoms with Crippen molar-refractivity contribution >= 4 is 96.2 Å². The Hall–Kier alpha value is -10.1. The van der Waals surface area contributed by atoms with Crippen molar-refractivity contribution in [1.82, 2.24) is 0 Å². The molecule has 0 bridgehead atoms. The average Bonchev–Trinajstić information content (AvgIpc) is 1.08. The van der Waals surface area contributed by atoms with Crippen LogP contribution in [-0.2, 0) is 21.7 Å².